The second-order valence-electron chi connectivity index (χ2n) is 7.17. The molecule has 9 nitrogen and oxygen atoms in total. The highest BCUT2D eigenvalue weighted by atomic mass is 16.5. The second-order valence-corrected chi connectivity index (χ2v) is 7.17. The van der Waals surface area contributed by atoms with Crippen molar-refractivity contribution in [3.63, 3.8) is 0 Å². The average molecular weight is 450 g/mol. The molecule has 0 aliphatic heterocycles. The van der Waals surface area contributed by atoms with Crippen molar-refractivity contribution in [2.75, 3.05) is 25.6 Å². The van der Waals surface area contributed by atoms with E-state index >= 15 is 0 Å². The number of carbonyl (C=O) groups excluding carboxylic acids is 2. The minimum Gasteiger partial charge on any atom is -0.450 e. The molecule has 0 fully saturated rings. The number of benzene rings is 2. The van der Waals surface area contributed by atoms with Crippen molar-refractivity contribution in [2.24, 2.45) is 0 Å². The van der Waals surface area contributed by atoms with E-state index in [0.29, 0.717) is 17.9 Å². The van der Waals surface area contributed by atoms with E-state index < -0.39 is 6.09 Å². The number of ether oxygens (including phenoxy) is 2. The van der Waals surface area contributed by atoms with Crippen LogP contribution in [0.5, 0.6) is 0 Å². The zero-order valence-corrected chi connectivity index (χ0v) is 18.5. The van der Waals surface area contributed by atoms with Gasteiger partial charge in [0.1, 0.15) is 6.61 Å². The Balaban J connectivity index is 1.77. The molecule has 0 spiro atoms. The number of nitrogens with zero attached hydrogens (tertiary/aromatic N) is 2. The zero-order valence-electron chi connectivity index (χ0n) is 18.5. The summed E-state index contributed by atoms with van der Waals surface area (Å²) in [5, 5.41) is 9.94. The summed E-state index contributed by atoms with van der Waals surface area (Å²) in [6, 6.07) is 17.8. The van der Waals surface area contributed by atoms with Gasteiger partial charge in [0.2, 0.25) is 5.91 Å². The molecule has 33 heavy (non-hydrogen) atoms. The third-order valence-electron chi connectivity index (χ3n) is 4.64. The fourth-order valence-corrected chi connectivity index (χ4v) is 3.14. The topological polar surface area (TPSA) is 112 Å². The maximum absolute atomic E-state index is 12.4. The van der Waals surface area contributed by atoms with Gasteiger partial charge in [-0.15, -0.1) is 0 Å². The van der Waals surface area contributed by atoms with Gasteiger partial charge in [0, 0.05) is 31.0 Å². The smallest absolute Gasteiger partial charge is 0.411 e. The minimum absolute atomic E-state index is 0.00270. The van der Waals surface area contributed by atoms with Crippen LogP contribution >= 0.6 is 0 Å². The molecule has 0 radical (unpaired) electrons. The Morgan fingerprint density at radius 3 is 2.61 bits per heavy atom. The van der Waals surface area contributed by atoms with Crippen molar-refractivity contribution in [1.82, 2.24) is 15.1 Å². The van der Waals surface area contributed by atoms with Crippen molar-refractivity contribution in [3.05, 3.63) is 82.1 Å². The predicted molar refractivity (Wildman–Crippen MR) is 124 cm³/mol. The van der Waals surface area contributed by atoms with Gasteiger partial charge < -0.3 is 14.8 Å². The van der Waals surface area contributed by atoms with Crippen molar-refractivity contribution in [3.8, 4) is 11.3 Å². The first-order valence-electron chi connectivity index (χ1n) is 10.4. The molecule has 2 aromatic carbocycles. The van der Waals surface area contributed by atoms with Crippen LogP contribution in [0.15, 0.2) is 65.5 Å². The largest absolute Gasteiger partial charge is 0.450 e. The molecule has 0 saturated heterocycles. The van der Waals surface area contributed by atoms with E-state index in [1.807, 2.05) is 30.3 Å². The fourth-order valence-electron chi connectivity index (χ4n) is 3.14. The number of methoxy groups -OCH3 is 1. The summed E-state index contributed by atoms with van der Waals surface area (Å²) in [5.74, 6) is -0.200. The molecule has 2 amide bonds. The highest BCUT2D eigenvalue weighted by molar-refractivity contribution is 5.84. The number of anilines is 1. The lowest BCUT2D eigenvalue weighted by molar-refractivity contribution is -0.124. The third-order valence-corrected chi connectivity index (χ3v) is 4.64. The van der Waals surface area contributed by atoms with Crippen molar-refractivity contribution >= 4 is 17.7 Å². The predicted octanol–water partition coefficient (Wildman–Crippen LogP) is 2.79. The summed E-state index contributed by atoms with van der Waals surface area (Å²) in [7, 11) is 1.47. The molecule has 3 rings (SSSR count). The van der Waals surface area contributed by atoms with Crippen LogP contribution < -0.4 is 16.2 Å². The van der Waals surface area contributed by atoms with Gasteiger partial charge in [-0.3, -0.25) is 14.9 Å². The van der Waals surface area contributed by atoms with Crippen LogP contribution in [0, 0.1) is 0 Å². The van der Waals surface area contributed by atoms with Crippen molar-refractivity contribution < 1.29 is 19.1 Å². The zero-order chi connectivity index (χ0) is 23.6. The molecular weight excluding hydrogens is 424 g/mol. The van der Waals surface area contributed by atoms with E-state index in [1.165, 1.54) is 17.9 Å². The number of amides is 2. The van der Waals surface area contributed by atoms with Gasteiger partial charge in [0.05, 0.1) is 18.8 Å². The molecule has 1 heterocycles. The first kappa shape index (κ1) is 23.7. The van der Waals surface area contributed by atoms with Crippen LogP contribution in [0.4, 0.5) is 10.5 Å². The molecule has 2 N–H and O–H groups in total. The lowest BCUT2D eigenvalue weighted by Gasteiger charge is -2.10. The quantitative estimate of drug-likeness (QED) is 0.519. The fraction of sp³-hybridized carbons (Fsp3) is 0.250. The Labute approximate surface area is 191 Å². The van der Waals surface area contributed by atoms with Gasteiger partial charge in [-0.25, -0.2) is 9.48 Å². The maximum Gasteiger partial charge on any atom is 0.411 e. The molecule has 1 aromatic heterocycles. The molecule has 9 heteroatoms. The molecule has 0 unspecified atom stereocenters. The van der Waals surface area contributed by atoms with E-state index in [1.54, 1.807) is 31.2 Å². The lowest BCUT2D eigenvalue weighted by atomic mass is 10.1. The normalized spacial score (nSPS) is 10.5. The number of rotatable bonds is 9. The molecule has 0 aliphatic rings. The average Bonchev–Trinajstić information content (AvgIpc) is 2.80. The van der Waals surface area contributed by atoms with Gasteiger partial charge in [0.15, 0.2) is 0 Å². The van der Waals surface area contributed by atoms with Crippen LogP contribution in [-0.4, -0.2) is 42.1 Å². The first-order chi connectivity index (χ1) is 16.0. The van der Waals surface area contributed by atoms with E-state index in [9.17, 15) is 14.4 Å². The first-order valence-corrected chi connectivity index (χ1v) is 10.4. The Morgan fingerprint density at radius 2 is 1.82 bits per heavy atom. The summed E-state index contributed by atoms with van der Waals surface area (Å²) < 4.78 is 11.1. The third kappa shape index (κ3) is 7.01. The van der Waals surface area contributed by atoms with E-state index in [-0.39, 0.29) is 31.2 Å². The number of aromatic nitrogens is 2. The maximum atomic E-state index is 12.4. The van der Waals surface area contributed by atoms with Crippen LogP contribution in [0.3, 0.4) is 0 Å². The number of hydrogen-bond acceptors (Lipinski definition) is 6. The van der Waals surface area contributed by atoms with E-state index in [2.05, 4.69) is 15.7 Å². The SMILES string of the molecule is CCOC(=O)Nc1cccc(Cn2nc(-c3cccc(CNC(=O)COC)c3)ccc2=O)c1. The van der Waals surface area contributed by atoms with E-state index in [4.69, 9.17) is 9.47 Å². The van der Waals surface area contributed by atoms with Gasteiger partial charge in [-0.2, -0.15) is 5.10 Å². The highest BCUT2D eigenvalue weighted by Crippen LogP contribution is 2.18. The molecule has 3 aromatic rings. The Kier molecular flexibility index (Phi) is 8.31. The van der Waals surface area contributed by atoms with Gasteiger partial charge >= 0.3 is 6.09 Å². The van der Waals surface area contributed by atoms with Crippen LogP contribution in [0.1, 0.15) is 18.1 Å². The van der Waals surface area contributed by atoms with Crippen molar-refractivity contribution in [1.29, 1.82) is 0 Å². The molecular formula is C24H26N4O5. The number of carbonyl (C=O) groups is 2. The molecule has 0 atom stereocenters. The van der Waals surface area contributed by atoms with Crippen LogP contribution in [-0.2, 0) is 27.4 Å². The summed E-state index contributed by atoms with van der Waals surface area (Å²) in [6.45, 7) is 2.60. The second kappa shape index (κ2) is 11.6. The number of hydrogen-bond donors (Lipinski definition) is 2. The molecule has 0 saturated carbocycles. The summed E-state index contributed by atoms with van der Waals surface area (Å²) >= 11 is 0. The molecule has 0 bridgehead atoms. The van der Waals surface area contributed by atoms with Gasteiger partial charge in [-0.05, 0) is 42.3 Å². The summed E-state index contributed by atoms with van der Waals surface area (Å²) in [4.78, 5) is 35.7. The van der Waals surface area contributed by atoms with Crippen LogP contribution in [0.25, 0.3) is 11.3 Å². The van der Waals surface area contributed by atoms with E-state index in [0.717, 1.165) is 16.7 Å². The standard InChI is InChI=1S/C24H26N4O5/c1-3-33-24(31)26-20-9-5-7-18(13-20)15-28-23(30)11-10-21(27-28)19-8-4-6-17(12-19)14-25-22(29)16-32-2/h4-13H,3,14-16H2,1-2H3,(H,25,29)(H,26,31). The summed E-state index contributed by atoms with van der Waals surface area (Å²) in [6.07, 6.45) is -0.537. The monoisotopic (exact) mass is 450 g/mol. The van der Waals surface area contributed by atoms with Gasteiger partial charge in [0.25, 0.3) is 5.56 Å². The van der Waals surface area contributed by atoms with Crippen LogP contribution in [0.2, 0.25) is 0 Å². The Hall–Kier alpha value is -3.98. The Bertz CT molecular complexity index is 1180. The van der Waals surface area contributed by atoms with Gasteiger partial charge in [-0.1, -0.05) is 30.3 Å². The minimum atomic E-state index is -0.537. The number of nitrogens with one attached hydrogen (secondary N) is 2. The lowest BCUT2D eigenvalue weighted by Crippen LogP contribution is -2.26. The van der Waals surface area contributed by atoms with Crippen molar-refractivity contribution in [2.45, 2.75) is 20.0 Å². The Morgan fingerprint density at radius 1 is 1.03 bits per heavy atom. The summed E-state index contributed by atoms with van der Waals surface area (Å²) in [5.41, 5.74) is 3.46. The highest BCUT2D eigenvalue weighted by Gasteiger charge is 2.08. The molecule has 0 aliphatic carbocycles. The molecule has 172 valence electrons.